The molecule has 1 aliphatic rings. The van der Waals surface area contributed by atoms with Crippen LogP contribution in [0.2, 0.25) is 0 Å². The fourth-order valence-electron chi connectivity index (χ4n) is 3.00. The van der Waals surface area contributed by atoms with Crippen LogP contribution < -0.4 is 5.32 Å². The van der Waals surface area contributed by atoms with Crippen molar-refractivity contribution in [2.24, 2.45) is 0 Å². The standard InChI is InChI=1S/C21H19N3O7/c1-13(22-21(30)31-12-14-7-3-2-4-8-14)18(27)23(11-17(25)26)24-19(28)15-9-5-6-10-16(15)20(24)29/h2-10,13H,11-12H2,1H3,(H,22,30)(H,25,26)/t13-/m0/s1. The number of fused-ring (bicyclic) bond motifs is 1. The predicted octanol–water partition coefficient (Wildman–Crippen LogP) is 1.43. The summed E-state index contributed by atoms with van der Waals surface area (Å²) in [6.45, 7) is 0.305. The maximum Gasteiger partial charge on any atom is 0.408 e. The summed E-state index contributed by atoms with van der Waals surface area (Å²) in [5.41, 5.74) is 0.840. The van der Waals surface area contributed by atoms with E-state index < -0.39 is 42.4 Å². The molecule has 0 bridgehead atoms. The van der Waals surface area contributed by atoms with E-state index in [4.69, 9.17) is 4.74 Å². The second-order valence-electron chi connectivity index (χ2n) is 6.69. The van der Waals surface area contributed by atoms with Crippen LogP contribution >= 0.6 is 0 Å². The van der Waals surface area contributed by atoms with E-state index in [0.29, 0.717) is 10.0 Å². The van der Waals surface area contributed by atoms with Crippen LogP contribution in [0.3, 0.4) is 0 Å². The van der Waals surface area contributed by atoms with Crippen molar-refractivity contribution in [2.45, 2.75) is 19.6 Å². The third-order valence-corrected chi connectivity index (χ3v) is 4.47. The SMILES string of the molecule is C[C@H](NC(=O)OCc1ccccc1)C(=O)N(CC(=O)O)N1C(=O)c2ccccc2C1=O. The molecule has 10 heteroatoms. The first-order chi connectivity index (χ1) is 14.8. The molecular formula is C21H19N3O7. The van der Waals surface area contributed by atoms with Gasteiger partial charge in [0.25, 0.3) is 17.7 Å². The van der Waals surface area contributed by atoms with Crippen molar-refractivity contribution >= 4 is 29.8 Å². The fourth-order valence-corrected chi connectivity index (χ4v) is 3.00. The van der Waals surface area contributed by atoms with Crippen LogP contribution in [0.15, 0.2) is 54.6 Å². The summed E-state index contributed by atoms with van der Waals surface area (Å²) >= 11 is 0. The zero-order valence-electron chi connectivity index (χ0n) is 16.5. The Bertz CT molecular complexity index is 1000. The molecule has 0 aliphatic carbocycles. The van der Waals surface area contributed by atoms with E-state index >= 15 is 0 Å². The predicted molar refractivity (Wildman–Crippen MR) is 106 cm³/mol. The molecule has 0 fully saturated rings. The summed E-state index contributed by atoms with van der Waals surface area (Å²) in [6, 6.07) is 13.5. The lowest BCUT2D eigenvalue weighted by Crippen LogP contribution is -2.57. The summed E-state index contributed by atoms with van der Waals surface area (Å²) in [4.78, 5) is 61.5. The van der Waals surface area contributed by atoms with Crippen molar-refractivity contribution in [2.75, 3.05) is 6.54 Å². The molecule has 10 nitrogen and oxygen atoms in total. The molecule has 3 rings (SSSR count). The number of imide groups is 1. The van der Waals surface area contributed by atoms with Crippen molar-refractivity contribution in [1.82, 2.24) is 15.3 Å². The molecule has 160 valence electrons. The van der Waals surface area contributed by atoms with Crippen LogP contribution in [0.4, 0.5) is 4.79 Å². The molecular weight excluding hydrogens is 406 g/mol. The van der Waals surface area contributed by atoms with Gasteiger partial charge in [0.15, 0.2) is 0 Å². The molecule has 31 heavy (non-hydrogen) atoms. The molecule has 2 aromatic rings. The Morgan fingerprint density at radius 3 is 2.10 bits per heavy atom. The number of hydrogen-bond acceptors (Lipinski definition) is 6. The van der Waals surface area contributed by atoms with Gasteiger partial charge in [0.2, 0.25) is 0 Å². The lowest BCUT2D eigenvalue weighted by Gasteiger charge is -2.30. The summed E-state index contributed by atoms with van der Waals surface area (Å²) in [6.07, 6.45) is -0.915. The van der Waals surface area contributed by atoms with Crippen molar-refractivity contribution in [1.29, 1.82) is 0 Å². The number of carbonyl (C=O) groups excluding carboxylic acids is 4. The molecule has 0 unspecified atom stereocenters. The van der Waals surface area contributed by atoms with Gasteiger partial charge in [-0.15, -0.1) is 0 Å². The zero-order valence-corrected chi connectivity index (χ0v) is 16.5. The summed E-state index contributed by atoms with van der Waals surface area (Å²) < 4.78 is 5.04. The lowest BCUT2D eigenvalue weighted by atomic mass is 10.1. The monoisotopic (exact) mass is 425 g/mol. The highest BCUT2D eigenvalue weighted by molar-refractivity contribution is 6.21. The molecule has 2 N–H and O–H groups in total. The first-order valence-corrected chi connectivity index (χ1v) is 9.27. The smallest absolute Gasteiger partial charge is 0.408 e. The maximum atomic E-state index is 12.9. The van der Waals surface area contributed by atoms with Crippen molar-refractivity contribution < 1.29 is 33.8 Å². The molecule has 4 amide bonds. The van der Waals surface area contributed by atoms with Crippen LogP contribution in [0.5, 0.6) is 0 Å². The van der Waals surface area contributed by atoms with Gasteiger partial charge in [0.1, 0.15) is 19.2 Å². The van der Waals surface area contributed by atoms with Gasteiger partial charge in [-0.1, -0.05) is 42.5 Å². The van der Waals surface area contributed by atoms with Gasteiger partial charge >= 0.3 is 12.1 Å². The van der Waals surface area contributed by atoms with E-state index in [1.165, 1.54) is 19.1 Å². The van der Waals surface area contributed by atoms with Gasteiger partial charge in [0.05, 0.1) is 11.1 Å². The Balaban J connectivity index is 1.71. The van der Waals surface area contributed by atoms with Crippen LogP contribution in [0.25, 0.3) is 0 Å². The van der Waals surface area contributed by atoms with Crippen LogP contribution in [-0.2, 0) is 20.9 Å². The van der Waals surface area contributed by atoms with Crippen molar-refractivity contribution in [3.63, 3.8) is 0 Å². The van der Waals surface area contributed by atoms with Crippen molar-refractivity contribution in [3.05, 3.63) is 71.3 Å². The zero-order chi connectivity index (χ0) is 22.5. The largest absolute Gasteiger partial charge is 0.480 e. The number of aliphatic carboxylic acids is 1. The minimum atomic E-state index is -1.44. The minimum Gasteiger partial charge on any atom is -0.480 e. The number of nitrogens with zero attached hydrogens (tertiary/aromatic N) is 2. The van der Waals surface area contributed by atoms with Gasteiger partial charge < -0.3 is 15.2 Å². The molecule has 0 saturated carbocycles. The van der Waals surface area contributed by atoms with Crippen LogP contribution in [0, 0.1) is 0 Å². The highest BCUT2D eigenvalue weighted by atomic mass is 16.5. The second-order valence-corrected chi connectivity index (χ2v) is 6.69. The Hall–Kier alpha value is -4.21. The average Bonchev–Trinajstić information content (AvgIpc) is 3.01. The van der Waals surface area contributed by atoms with E-state index in [9.17, 15) is 29.1 Å². The Kier molecular flexibility index (Phi) is 6.29. The average molecular weight is 425 g/mol. The van der Waals surface area contributed by atoms with E-state index in [2.05, 4.69) is 5.32 Å². The quantitative estimate of drug-likeness (QED) is 0.641. The van der Waals surface area contributed by atoms with Gasteiger partial charge in [-0.2, -0.15) is 5.01 Å². The number of nitrogens with one attached hydrogen (secondary N) is 1. The van der Waals surface area contributed by atoms with Crippen LogP contribution in [0.1, 0.15) is 33.2 Å². The maximum absolute atomic E-state index is 12.9. The molecule has 1 aliphatic heterocycles. The van der Waals surface area contributed by atoms with E-state index in [0.717, 1.165) is 5.56 Å². The molecule has 1 heterocycles. The summed E-state index contributed by atoms with van der Waals surface area (Å²) in [5.74, 6) is -4.06. The minimum absolute atomic E-state index is 0.0369. The van der Waals surface area contributed by atoms with Crippen LogP contribution in [-0.4, -0.2) is 57.5 Å². The highest BCUT2D eigenvalue weighted by Crippen LogP contribution is 2.24. The van der Waals surface area contributed by atoms with Crippen molar-refractivity contribution in [3.8, 4) is 0 Å². The second kappa shape index (κ2) is 9.08. The number of carbonyl (C=O) groups is 5. The number of amides is 4. The molecule has 0 spiro atoms. The number of ether oxygens (including phenoxy) is 1. The van der Waals surface area contributed by atoms with E-state index in [1.54, 1.807) is 42.5 Å². The first kappa shape index (κ1) is 21.5. The van der Waals surface area contributed by atoms with Gasteiger partial charge in [-0.25, -0.2) is 9.80 Å². The number of carboxylic acid groups (broad SMARTS) is 1. The fraction of sp³-hybridized carbons (Fsp3) is 0.190. The third kappa shape index (κ3) is 4.69. The number of benzene rings is 2. The number of hydrogen-bond donors (Lipinski definition) is 2. The molecule has 0 saturated heterocycles. The number of carboxylic acids is 1. The Labute approximate surface area is 177 Å². The van der Waals surface area contributed by atoms with Gasteiger partial charge in [0, 0.05) is 0 Å². The molecule has 0 aromatic heterocycles. The molecule has 1 atom stereocenters. The summed E-state index contributed by atoms with van der Waals surface area (Å²) in [7, 11) is 0. The number of alkyl carbamates (subject to hydrolysis) is 1. The third-order valence-electron chi connectivity index (χ3n) is 4.47. The highest BCUT2D eigenvalue weighted by Gasteiger charge is 2.43. The molecule has 0 radical (unpaired) electrons. The first-order valence-electron chi connectivity index (χ1n) is 9.27. The van der Waals surface area contributed by atoms with Gasteiger partial charge in [-0.3, -0.25) is 19.2 Å². The number of rotatable bonds is 7. The summed E-state index contributed by atoms with van der Waals surface area (Å²) in [5, 5.41) is 12.5. The lowest BCUT2D eigenvalue weighted by molar-refractivity contribution is -0.153. The Morgan fingerprint density at radius 2 is 1.55 bits per heavy atom. The Morgan fingerprint density at radius 1 is 1.00 bits per heavy atom. The molecule has 2 aromatic carbocycles. The number of hydrazine groups is 1. The van der Waals surface area contributed by atoms with Gasteiger partial charge in [-0.05, 0) is 24.6 Å². The normalized spacial score (nSPS) is 13.4. The van der Waals surface area contributed by atoms with E-state index in [-0.39, 0.29) is 17.7 Å². The van der Waals surface area contributed by atoms with E-state index in [1.807, 2.05) is 0 Å². The topological polar surface area (TPSA) is 133 Å².